The molecule has 3 heterocycles. The van der Waals surface area contributed by atoms with Gasteiger partial charge in [0.2, 0.25) is 0 Å². The van der Waals surface area contributed by atoms with E-state index in [1.54, 1.807) is 46.3 Å². The number of aryl methyl sites for hydroxylation is 2. The summed E-state index contributed by atoms with van der Waals surface area (Å²) in [4.78, 5) is 42.3. The van der Waals surface area contributed by atoms with Crippen molar-refractivity contribution in [3.63, 3.8) is 0 Å². The number of nitrogens with one attached hydrogen (secondary N) is 1. The molecule has 0 bridgehead atoms. The Hall–Kier alpha value is -2.92. The number of anilines is 1. The fraction of sp³-hybridized carbons (Fsp3) is 0.435. The number of ether oxygens (including phenoxy) is 1. The maximum atomic E-state index is 13.1. The molecule has 3 rings (SSSR count). The summed E-state index contributed by atoms with van der Waals surface area (Å²) in [5.41, 5.74) is 2.28. The molecule has 1 atom stereocenters. The molecule has 2 aromatic rings. The summed E-state index contributed by atoms with van der Waals surface area (Å²) in [6, 6.07) is 3.52. The molecule has 0 aliphatic carbocycles. The van der Waals surface area contributed by atoms with E-state index >= 15 is 0 Å². The van der Waals surface area contributed by atoms with Gasteiger partial charge in [-0.15, -0.1) is 23.1 Å². The number of thioether (sulfide) groups is 1. The van der Waals surface area contributed by atoms with Crippen LogP contribution in [0.3, 0.4) is 0 Å². The summed E-state index contributed by atoms with van der Waals surface area (Å²) < 4.78 is 4.82. The van der Waals surface area contributed by atoms with Gasteiger partial charge in [0.15, 0.2) is 0 Å². The van der Waals surface area contributed by atoms with Gasteiger partial charge in [0, 0.05) is 31.9 Å². The summed E-state index contributed by atoms with van der Waals surface area (Å²) in [6.07, 6.45) is 1.98. The number of carbonyl (C=O) groups is 2. The van der Waals surface area contributed by atoms with Gasteiger partial charge in [-0.2, -0.15) is 0 Å². The van der Waals surface area contributed by atoms with E-state index in [1.165, 1.54) is 7.11 Å². The summed E-state index contributed by atoms with van der Waals surface area (Å²) in [6.45, 7) is 11.0. The zero-order valence-corrected chi connectivity index (χ0v) is 21.5. The molecule has 0 unspecified atom stereocenters. The van der Waals surface area contributed by atoms with E-state index in [4.69, 9.17) is 4.74 Å². The lowest BCUT2D eigenvalue weighted by atomic mass is 10.1. The molecule has 182 valence electrons. The van der Waals surface area contributed by atoms with Crippen LogP contribution < -0.4 is 5.32 Å². The second-order valence-electron chi connectivity index (χ2n) is 7.71. The Morgan fingerprint density at radius 2 is 2.18 bits per heavy atom. The number of pyridine rings is 1. The molecule has 0 radical (unpaired) electrons. The second kappa shape index (κ2) is 12.0. The van der Waals surface area contributed by atoms with Gasteiger partial charge in [-0.05, 0) is 44.5 Å². The highest BCUT2D eigenvalue weighted by molar-refractivity contribution is 8.02. The number of aromatic nitrogens is 2. The van der Waals surface area contributed by atoms with E-state index in [2.05, 4.69) is 27.0 Å². The van der Waals surface area contributed by atoms with Crippen LogP contribution in [0.25, 0.3) is 5.70 Å². The van der Waals surface area contributed by atoms with E-state index in [1.807, 2.05) is 31.1 Å². The van der Waals surface area contributed by atoms with Crippen LogP contribution in [-0.2, 0) is 4.74 Å². The van der Waals surface area contributed by atoms with Crippen LogP contribution in [-0.4, -0.2) is 77.1 Å². The van der Waals surface area contributed by atoms with Crippen molar-refractivity contribution in [1.82, 2.24) is 19.8 Å². The third kappa shape index (κ3) is 6.15. The van der Waals surface area contributed by atoms with Gasteiger partial charge in [-0.25, -0.2) is 14.8 Å². The molecule has 1 fully saturated rings. The van der Waals surface area contributed by atoms with Crippen molar-refractivity contribution in [1.29, 1.82) is 0 Å². The quantitative estimate of drug-likeness (QED) is 0.327. The summed E-state index contributed by atoms with van der Waals surface area (Å²) in [7, 11) is 1.37. The van der Waals surface area contributed by atoms with Crippen LogP contribution in [0.15, 0.2) is 28.7 Å². The highest BCUT2D eigenvalue weighted by Gasteiger charge is 2.32. The zero-order chi connectivity index (χ0) is 24.7. The van der Waals surface area contributed by atoms with Gasteiger partial charge in [-0.3, -0.25) is 9.79 Å². The highest BCUT2D eigenvalue weighted by atomic mass is 32.2. The first kappa shape index (κ1) is 25.7. The molecule has 11 heteroatoms. The normalized spacial score (nSPS) is 16.4. The van der Waals surface area contributed by atoms with Crippen molar-refractivity contribution in [3.8, 4) is 0 Å². The molecule has 34 heavy (non-hydrogen) atoms. The average molecular weight is 503 g/mol. The molecule has 0 spiro atoms. The van der Waals surface area contributed by atoms with Gasteiger partial charge < -0.3 is 19.9 Å². The molecule has 1 N–H and O–H groups in total. The monoisotopic (exact) mass is 502 g/mol. The second-order valence-corrected chi connectivity index (χ2v) is 9.77. The van der Waals surface area contributed by atoms with Crippen molar-refractivity contribution < 1.29 is 14.3 Å². The molecule has 1 saturated heterocycles. The van der Waals surface area contributed by atoms with Crippen molar-refractivity contribution in [3.05, 3.63) is 44.9 Å². The fourth-order valence-electron chi connectivity index (χ4n) is 3.73. The number of thiazole rings is 1. The number of piperazine rings is 1. The molecule has 1 aliphatic heterocycles. The Balaban J connectivity index is 1.55. The maximum absolute atomic E-state index is 13.1. The lowest BCUT2D eigenvalue weighted by Gasteiger charge is -2.40. The van der Waals surface area contributed by atoms with Crippen LogP contribution in [0.1, 0.15) is 39.3 Å². The molecule has 2 amide bonds. The van der Waals surface area contributed by atoms with Gasteiger partial charge in [0.1, 0.15) is 5.82 Å². The first-order valence-corrected chi connectivity index (χ1v) is 12.8. The molecule has 0 saturated carbocycles. The van der Waals surface area contributed by atoms with E-state index in [9.17, 15) is 9.59 Å². The number of carbonyl (C=O) groups excluding carboxylic acids is 2. The van der Waals surface area contributed by atoms with Crippen molar-refractivity contribution in [2.75, 3.05) is 37.9 Å². The molecular weight excluding hydrogens is 472 g/mol. The Labute approximate surface area is 208 Å². The van der Waals surface area contributed by atoms with Crippen LogP contribution in [0, 0.1) is 13.8 Å². The number of nitrogens with zero attached hydrogens (tertiary/aromatic N) is 5. The van der Waals surface area contributed by atoms with Gasteiger partial charge in [0.25, 0.3) is 5.91 Å². The number of rotatable bonds is 8. The zero-order valence-electron chi connectivity index (χ0n) is 19.9. The van der Waals surface area contributed by atoms with E-state index in [0.717, 1.165) is 27.7 Å². The minimum absolute atomic E-state index is 0.0556. The number of aliphatic imine (C=N–C) groups is 1. The third-order valence-corrected chi connectivity index (χ3v) is 7.29. The Kier molecular flexibility index (Phi) is 9.05. The predicted octanol–water partition coefficient (Wildman–Crippen LogP) is 4.26. The summed E-state index contributed by atoms with van der Waals surface area (Å²) >= 11 is 3.15. The molecule has 1 aliphatic rings. The fourth-order valence-corrected chi connectivity index (χ4v) is 5.36. The van der Waals surface area contributed by atoms with Crippen molar-refractivity contribution >= 4 is 53.3 Å². The van der Waals surface area contributed by atoms with E-state index < -0.39 is 0 Å². The van der Waals surface area contributed by atoms with Gasteiger partial charge in [0.05, 0.1) is 39.8 Å². The lowest BCUT2D eigenvalue weighted by molar-refractivity contribution is 0.0413. The molecule has 0 aromatic carbocycles. The topological polar surface area (TPSA) is 100 Å². The Bertz CT molecular complexity index is 1050. The van der Waals surface area contributed by atoms with E-state index in [0.29, 0.717) is 36.9 Å². The maximum Gasteiger partial charge on any atom is 0.409 e. The number of hydrogen-bond acceptors (Lipinski definition) is 9. The Morgan fingerprint density at radius 1 is 1.38 bits per heavy atom. The van der Waals surface area contributed by atoms with Crippen LogP contribution in [0.2, 0.25) is 0 Å². The van der Waals surface area contributed by atoms with Gasteiger partial charge in [-0.1, -0.05) is 6.92 Å². The molecular formula is C23H30N6O3S2. The Morgan fingerprint density at radius 3 is 2.76 bits per heavy atom. The van der Waals surface area contributed by atoms with Crippen molar-refractivity contribution in [2.24, 2.45) is 4.99 Å². The number of methoxy groups -OCH3 is 1. The average Bonchev–Trinajstić information content (AvgIpc) is 3.20. The number of amides is 2. The van der Waals surface area contributed by atoms with Crippen LogP contribution in [0.4, 0.5) is 10.6 Å². The van der Waals surface area contributed by atoms with E-state index in [-0.39, 0.29) is 18.0 Å². The lowest BCUT2D eigenvalue weighted by Crippen LogP contribution is -2.56. The minimum Gasteiger partial charge on any atom is -0.453 e. The number of hydrogen-bond donors (Lipinski definition) is 1. The predicted molar refractivity (Wildman–Crippen MR) is 139 cm³/mol. The third-order valence-electron chi connectivity index (χ3n) is 5.50. The smallest absolute Gasteiger partial charge is 0.409 e. The van der Waals surface area contributed by atoms with Crippen LogP contribution >= 0.6 is 23.1 Å². The SMILES string of the molecule is C=N/C(=C\SCNc1ccc(C(=O)N2CCN(C(=O)OC)C[C@H]2CC)cn1)c1sc(C)nc1C. The van der Waals surface area contributed by atoms with Crippen molar-refractivity contribution in [2.45, 2.75) is 33.2 Å². The summed E-state index contributed by atoms with van der Waals surface area (Å²) in [5.74, 6) is 1.19. The highest BCUT2D eigenvalue weighted by Crippen LogP contribution is 2.28. The largest absolute Gasteiger partial charge is 0.453 e. The van der Waals surface area contributed by atoms with Gasteiger partial charge >= 0.3 is 6.09 Å². The first-order valence-electron chi connectivity index (χ1n) is 10.9. The molecule has 2 aromatic heterocycles. The molecule has 9 nitrogen and oxygen atoms in total. The van der Waals surface area contributed by atoms with Crippen LogP contribution in [0.5, 0.6) is 0 Å². The summed E-state index contributed by atoms with van der Waals surface area (Å²) in [5, 5.41) is 6.19. The minimum atomic E-state index is -0.358. The first-order chi connectivity index (χ1) is 16.4. The standard InChI is InChI=1S/C23H30N6O3S2/c1-6-18-12-28(23(31)32-5)9-10-29(18)22(30)17-7-8-20(25-11-17)26-14-33-13-19(24-4)21-15(2)27-16(3)34-21/h7-8,11,13,18H,4,6,9-10,12,14H2,1-3,5H3,(H,25,26)/b19-13-/t18-/m1/s1.